The Kier molecular flexibility index (Phi) is 3.22. The van der Waals surface area contributed by atoms with Crippen LogP contribution in [0.1, 0.15) is 0 Å². The van der Waals surface area contributed by atoms with Crippen molar-refractivity contribution in [1.29, 1.82) is 0 Å². The topological polar surface area (TPSA) is 67.5 Å². The maximum atomic E-state index is 9.84. The number of rotatable bonds is 3. The standard InChI is InChI=1S/C7H6ClN3O2/c8-6-1-3-7(4-2-6)10-9-5-11(12)13/h1-5,10H/b9-5+. The summed E-state index contributed by atoms with van der Waals surface area (Å²) in [6, 6.07) is 6.65. The average Bonchev–Trinajstić information content (AvgIpc) is 2.08. The Bertz CT molecular complexity index is 323. The minimum Gasteiger partial charge on any atom is -0.358 e. The molecule has 0 aliphatic rings. The Morgan fingerprint density at radius 3 is 2.62 bits per heavy atom. The molecule has 5 nitrogen and oxygen atoms in total. The third kappa shape index (κ3) is 3.53. The molecule has 0 saturated heterocycles. The normalized spacial score (nSPS) is 10.2. The van der Waals surface area contributed by atoms with E-state index < -0.39 is 4.92 Å². The van der Waals surface area contributed by atoms with Gasteiger partial charge in [-0.15, -0.1) is 0 Å². The van der Waals surface area contributed by atoms with Crippen LogP contribution in [0.15, 0.2) is 29.4 Å². The second-order valence-electron chi connectivity index (χ2n) is 2.15. The first kappa shape index (κ1) is 9.47. The van der Waals surface area contributed by atoms with Gasteiger partial charge < -0.3 is 10.1 Å². The minimum atomic E-state index is -0.650. The number of nitrogens with one attached hydrogen (secondary N) is 1. The molecule has 0 spiro atoms. The van der Waals surface area contributed by atoms with Crippen LogP contribution in [-0.2, 0) is 0 Å². The van der Waals surface area contributed by atoms with E-state index in [1.807, 2.05) is 0 Å². The number of anilines is 1. The number of nitro groups is 1. The van der Waals surface area contributed by atoms with Crippen LogP contribution in [0.25, 0.3) is 0 Å². The van der Waals surface area contributed by atoms with E-state index in [2.05, 4.69) is 10.5 Å². The molecule has 0 atom stereocenters. The van der Waals surface area contributed by atoms with Crippen molar-refractivity contribution < 1.29 is 4.92 Å². The lowest BCUT2D eigenvalue weighted by atomic mass is 10.3. The van der Waals surface area contributed by atoms with Crippen LogP contribution in [0, 0.1) is 10.1 Å². The Morgan fingerprint density at radius 2 is 2.08 bits per heavy atom. The molecule has 13 heavy (non-hydrogen) atoms. The first-order valence-corrected chi connectivity index (χ1v) is 3.74. The Morgan fingerprint density at radius 1 is 1.46 bits per heavy atom. The second-order valence-corrected chi connectivity index (χ2v) is 2.59. The van der Waals surface area contributed by atoms with Crippen LogP contribution in [0.3, 0.4) is 0 Å². The summed E-state index contributed by atoms with van der Waals surface area (Å²) < 4.78 is 0. The van der Waals surface area contributed by atoms with Gasteiger partial charge in [-0.25, -0.2) is 0 Å². The molecule has 1 rings (SSSR count). The van der Waals surface area contributed by atoms with Crippen LogP contribution in [0.2, 0.25) is 5.02 Å². The molecule has 0 amide bonds. The van der Waals surface area contributed by atoms with Crippen molar-refractivity contribution in [2.24, 2.45) is 5.10 Å². The zero-order chi connectivity index (χ0) is 9.68. The molecule has 6 heteroatoms. The first-order chi connectivity index (χ1) is 6.18. The zero-order valence-electron chi connectivity index (χ0n) is 6.48. The molecule has 0 aromatic heterocycles. The molecule has 68 valence electrons. The third-order valence-corrected chi connectivity index (χ3v) is 1.44. The molecule has 1 N–H and O–H groups in total. The highest BCUT2D eigenvalue weighted by molar-refractivity contribution is 6.30. The predicted octanol–water partition coefficient (Wildman–Crippen LogP) is 1.97. The summed E-state index contributed by atoms with van der Waals surface area (Å²) in [4.78, 5) is 9.19. The van der Waals surface area contributed by atoms with Crippen molar-refractivity contribution in [3.05, 3.63) is 39.4 Å². The number of hydrogen-bond donors (Lipinski definition) is 1. The summed E-state index contributed by atoms with van der Waals surface area (Å²) >= 11 is 5.62. The molecule has 0 heterocycles. The van der Waals surface area contributed by atoms with Gasteiger partial charge >= 0.3 is 6.34 Å². The van der Waals surface area contributed by atoms with Gasteiger partial charge in [0.15, 0.2) is 0 Å². The van der Waals surface area contributed by atoms with Crippen molar-refractivity contribution in [2.75, 3.05) is 5.43 Å². The highest BCUT2D eigenvalue weighted by atomic mass is 35.5. The van der Waals surface area contributed by atoms with Gasteiger partial charge in [0, 0.05) is 10.1 Å². The average molecular weight is 200 g/mol. The van der Waals surface area contributed by atoms with E-state index in [4.69, 9.17) is 11.6 Å². The lowest BCUT2D eigenvalue weighted by Crippen LogP contribution is -1.96. The molecule has 0 saturated carbocycles. The van der Waals surface area contributed by atoms with Crippen molar-refractivity contribution >= 4 is 23.6 Å². The Balaban J connectivity index is 2.55. The quantitative estimate of drug-likeness (QED) is 0.350. The fraction of sp³-hybridized carbons (Fsp3) is 0. The van der Waals surface area contributed by atoms with Gasteiger partial charge in [-0.3, -0.25) is 0 Å². The summed E-state index contributed by atoms with van der Waals surface area (Å²) in [5.41, 5.74) is 3.11. The highest BCUT2D eigenvalue weighted by Crippen LogP contribution is 2.12. The van der Waals surface area contributed by atoms with Crippen LogP contribution < -0.4 is 5.43 Å². The van der Waals surface area contributed by atoms with E-state index in [9.17, 15) is 10.1 Å². The monoisotopic (exact) mass is 199 g/mol. The molecule has 1 aromatic rings. The van der Waals surface area contributed by atoms with Gasteiger partial charge in [0.2, 0.25) is 0 Å². The van der Waals surface area contributed by atoms with Gasteiger partial charge in [0.1, 0.15) is 0 Å². The molecule has 0 unspecified atom stereocenters. The van der Waals surface area contributed by atoms with Gasteiger partial charge in [-0.1, -0.05) is 11.6 Å². The van der Waals surface area contributed by atoms with E-state index >= 15 is 0 Å². The van der Waals surface area contributed by atoms with E-state index in [1.54, 1.807) is 24.3 Å². The summed E-state index contributed by atoms with van der Waals surface area (Å²) in [6.07, 6.45) is 0.578. The minimum absolute atomic E-state index is 0.578. The molecule has 0 aliphatic heterocycles. The summed E-state index contributed by atoms with van der Waals surface area (Å²) in [7, 11) is 0. The molecule has 0 radical (unpaired) electrons. The van der Waals surface area contributed by atoms with E-state index in [-0.39, 0.29) is 0 Å². The maximum Gasteiger partial charge on any atom is 0.352 e. The maximum absolute atomic E-state index is 9.84. The second kappa shape index (κ2) is 4.42. The Labute approximate surface area is 79.2 Å². The number of nitrogens with zero attached hydrogens (tertiary/aromatic N) is 2. The fourth-order valence-corrected chi connectivity index (χ4v) is 0.801. The first-order valence-electron chi connectivity index (χ1n) is 3.37. The molecular formula is C7H6ClN3O2. The largest absolute Gasteiger partial charge is 0.358 e. The third-order valence-electron chi connectivity index (χ3n) is 1.19. The van der Waals surface area contributed by atoms with Crippen LogP contribution in [0.4, 0.5) is 5.69 Å². The van der Waals surface area contributed by atoms with Crippen molar-refractivity contribution in [3.8, 4) is 0 Å². The number of halogens is 1. The van der Waals surface area contributed by atoms with Gasteiger partial charge in [0.25, 0.3) is 0 Å². The predicted molar refractivity (Wildman–Crippen MR) is 50.6 cm³/mol. The number of hydrogen-bond acceptors (Lipinski definition) is 4. The van der Waals surface area contributed by atoms with Gasteiger partial charge in [-0.05, 0) is 29.2 Å². The lowest BCUT2D eigenvalue weighted by Gasteiger charge is -1.93. The Hall–Kier alpha value is -1.62. The van der Waals surface area contributed by atoms with E-state index in [0.717, 1.165) is 0 Å². The van der Waals surface area contributed by atoms with Gasteiger partial charge in [-0.2, -0.15) is 5.43 Å². The highest BCUT2D eigenvalue weighted by Gasteiger charge is 1.92. The van der Waals surface area contributed by atoms with Crippen molar-refractivity contribution in [1.82, 2.24) is 0 Å². The molecular weight excluding hydrogens is 194 g/mol. The molecule has 0 fully saturated rings. The van der Waals surface area contributed by atoms with Crippen molar-refractivity contribution in [2.45, 2.75) is 0 Å². The fourth-order valence-electron chi connectivity index (χ4n) is 0.675. The number of hydrazone groups is 1. The van der Waals surface area contributed by atoms with E-state index in [1.165, 1.54) is 0 Å². The number of benzene rings is 1. The molecule has 0 aliphatic carbocycles. The van der Waals surface area contributed by atoms with Gasteiger partial charge in [0.05, 0.1) is 5.69 Å². The smallest absolute Gasteiger partial charge is 0.352 e. The summed E-state index contributed by atoms with van der Waals surface area (Å²) in [5.74, 6) is 0. The lowest BCUT2D eigenvalue weighted by molar-refractivity contribution is -0.339. The van der Waals surface area contributed by atoms with Crippen LogP contribution in [-0.4, -0.2) is 11.3 Å². The van der Waals surface area contributed by atoms with Crippen molar-refractivity contribution in [3.63, 3.8) is 0 Å². The summed E-state index contributed by atoms with van der Waals surface area (Å²) in [5, 5.41) is 13.8. The van der Waals surface area contributed by atoms with Crippen LogP contribution in [0.5, 0.6) is 0 Å². The van der Waals surface area contributed by atoms with Crippen LogP contribution >= 0.6 is 11.6 Å². The van der Waals surface area contributed by atoms with E-state index in [0.29, 0.717) is 17.0 Å². The zero-order valence-corrected chi connectivity index (χ0v) is 7.23. The molecule has 0 bridgehead atoms. The molecule has 1 aromatic carbocycles. The summed E-state index contributed by atoms with van der Waals surface area (Å²) in [6.45, 7) is 0. The SMILES string of the molecule is O=[N+]([O-])/C=N/Nc1ccc(Cl)cc1.